The summed E-state index contributed by atoms with van der Waals surface area (Å²) in [6.45, 7) is 2.58. The average molecular weight is 461 g/mol. The first-order valence-electron chi connectivity index (χ1n) is 10.9. The van der Waals surface area contributed by atoms with Crippen LogP contribution < -0.4 is 4.74 Å². The van der Waals surface area contributed by atoms with Crippen LogP contribution in [0.2, 0.25) is 0 Å². The molecule has 0 bridgehead atoms. The van der Waals surface area contributed by atoms with Gasteiger partial charge >= 0.3 is 0 Å². The van der Waals surface area contributed by atoms with E-state index in [1.54, 1.807) is 25.6 Å². The molecular formula is C25H24FN5O3. The van der Waals surface area contributed by atoms with E-state index in [4.69, 9.17) is 9.57 Å². The molecule has 3 aromatic rings. The number of fused-ring (bicyclic) bond motifs is 1. The second-order valence-corrected chi connectivity index (χ2v) is 8.23. The lowest BCUT2D eigenvalue weighted by Gasteiger charge is -2.37. The lowest BCUT2D eigenvalue weighted by Crippen LogP contribution is -2.50. The molecule has 5 rings (SSSR count). The summed E-state index contributed by atoms with van der Waals surface area (Å²) < 4.78 is 21.1. The van der Waals surface area contributed by atoms with Crippen LogP contribution in [-0.2, 0) is 10.6 Å². The number of nitrogens with zero attached hydrogens (tertiary/aromatic N) is 5. The average Bonchev–Trinajstić information content (AvgIpc) is 3.45. The summed E-state index contributed by atoms with van der Waals surface area (Å²) in [6.07, 6.45) is 8.69. The second kappa shape index (κ2) is 8.66. The Hall–Kier alpha value is -4.14. The number of hydrogen-bond acceptors (Lipinski definition) is 7. The molecule has 0 unspecified atom stereocenters. The van der Waals surface area contributed by atoms with Crippen molar-refractivity contribution in [3.05, 3.63) is 83.2 Å². The van der Waals surface area contributed by atoms with Crippen LogP contribution in [0.5, 0.6) is 5.75 Å². The molecule has 2 aliphatic rings. The smallest absolute Gasteiger partial charge is 0.276 e. The van der Waals surface area contributed by atoms with Crippen LogP contribution in [-0.4, -0.2) is 45.4 Å². The summed E-state index contributed by atoms with van der Waals surface area (Å²) >= 11 is 0. The third-order valence-corrected chi connectivity index (χ3v) is 6.07. The van der Waals surface area contributed by atoms with E-state index < -0.39 is 5.72 Å². The summed E-state index contributed by atoms with van der Waals surface area (Å²) in [5, 5.41) is 17.0. The van der Waals surface area contributed by atoms with Crippen LogP contribution >= 0.6 is 0 Å². The molecule has 0 saturated carbocycles. The van der Waals surface area contributed by atoms with Gasteiger partial charge in [0.1, 0.15) is 17.8 Å². The fourth-order valence-corrected chi connectivity index (χ4v) is 4.44. The Morgan fingerprint density at radius 3 is 2.76 bits per heavy atom. The number of halogens is 1. The van der Waals surface area contributed by atoms with Gasteiger partial charge in [-0.2, -0.15) is 0 Å². The van der Waals surface area contributed by atoms with E-state index in [2.05, 4.69) is 21.4 Å². The van der Waals surface area contributed by atoms with E-state index in [1.165, 1.54) is 18.3 Å². The van der Waals surface area contributed by atoms with Crippen molar-refractivity contribution in [1.82, 2.24) is 14.5 Å². The third-order valence-electron chi connectivity index (χ3n) is 6.07. The van der Waals surface area contributed by atoms with Crippen LogP contribution in [0.15, 0.2) is 70.9 Å². The summed E-state index contributed by atoms with van der Waals surface area (Å²) in [5.74, 6) is 1.02. The largest absolute Gasteiger partial charge is 0.495 e. The fourth-order valence-electron chi connectivity index (χ4n) is 4.44. The van der Waals surface area contributed by atoms with Gasteiger partial charge in [-0.1, -0.05) is 16.4 Å². The Morgan fingerprint density at radius 1 is 1.24 bits per heavy atom. The topological polar surface area (TPSA) is 84.5 Å². The number of oxime groups is 2. The lowest BCUT2D eigenvalue weighted by molar-refractivity contribution is -0.0452. The standard InChI is InChI=1S/C25H24FN5O3/c1-17-14-30(16-27-17)22-10-5-18(13-23(22)33-2)12-19-4-3-11-31-24(19)29-34-25(31,15-28-32)20-6-8-21(26)9-7-20/h5-10,12-16,32H,3-4,11H2,1-2H3/b19-12+,28-15+/t25-/m1/s1. The predicted octanol–water partition coefficient (Wildman–Crippen LogP) is 4.46. The van der Waals surface area contributed by atoms with Crippen molar-refractivity contribution in [3.8, 4) is 11.4 Å². The molecule has 1 atom stereocenters. The number of benzene rings is 2. The Balaban J connectivity index is 1.49. The number of aryl methyl sites for hydroxylation is 1. The number of rotatable bonds is 5. The Morgan fingerprint density at radius 2 is 2.06 bits per heavy atom. The maximum atomic E-state index is 13.5. The monoisotopic (exact) mass is 461 g/mol. The van der Waals surface area contributed by atoms with Gasteiger partial charge in [0, 0.05) is 18.3 Å². The first-order valence-corrected chi connectivity index (χ1v) is 10.9. The van der Waals surface area contributed by atoms with E-state index in [0.717, 1.165) is 41.1 Å². The highest BCUT2D eigenvalue weighted by Crippen LogP contribution is 2.39. The highest BCUT2D eigenvalue weighted by atomic mass is 19.1. The number of amidine groups is 1. The van der Waals surface area contributed by atoms with Gasteiger partial charge in [0.15, 0.2) is 5.84 Å². The minimum atomic E-state index is -1.24. The zero-order valence-corrected chi connectivity index (χ0v) is 18.8. The van der Waals surface area contributed by atoms with E-state index in [9.17, 15) is 9.60 Å². The summed E-state index contributed by atoms with van der Waals surface area (Å²) in [7, 11) is 1.64. The number of piperidine rings is 1. The summed E-state index contributed by atoms with van der Waals surface area (Å²) in [4.78, 5) is 12.1. The number of aromatic nitrogens is 2. The number of hydrogen-bond donors (Lipinski definition) is 1. The Bertz CT molecular complexity index is 1300. The molecule has 1 fully saturated rings. The van der Waals surface area contributed by atoms with Gasteiger partial charge in [-0.25, -0.2) is 9.37 Å². The quantitative estimate of drug-likeness (QED) is 0.344. The molecule has 1 N–H and O–H groups in total. The highest BCUT2D eigenvalue weighted by Gasteiger charge is 2.49. The van der Waals surface area contributed by atoms with Crippen molar-refractivity contribution in [2.24, 2.45) is 10.3 Å². The second-order valence-electron chi connectivity index (χ2n) is 8.23. The van der Waals surface area contributed by atoms with Crippen molar-refractivity contribution in [3.63, 3.8) is 0 Å². The molecule has 174 valence electrons. The first-order chi connectivity index (χ1) is 16.5. The molecule has 2 aliphatic heterocycles. The molecule has 0 spiro atoms. The molecule has 1 saturated heterocycles. The molecular weight excluding hydrogens is 437 g/mol. The van der Waals surface area contributed by atoms with Gasteiger partial charge in [0.25, 0.3) is 5.72 Å². The maximum Gasteiger partial charge on any atom is 0.276 e. The number of methoxy groups -OCH3 is 1. The lowest BCUT2D eigenvalue weighted by atomic mass is 9.95. The molecule has 3 heterocycles. The van der Waals surface area contributed by atoms with Crippen LogP contribution in [0.25, 0.3) is 11.8 Å². The minimum Gasteiger partial charge on any atom is -0.495 e. The van der Waals surface area contributed by atoms with Gasteiger partial charge in [0.2, 0.25) is 0 Å². The van der Waals surface area contributed by atoms with Crippen molar-refractivity contribution in [2.75, 3.05) is 13.7 Å². The third kappa shape index (κ3) is 3.68. The van der Waals surface area contributed by atoms with Crippen molar-refractivity contribution in [2.45, 2.75) is 25.5 Å². The highest BCUT2D eigenvalue weighted by molar-refractivity contribution is 6.05. The zero-order chi connectivity index (χ0) is 23.7. The molecule has 2 aromatic carbocycles. The summed E-state index contributed by atoms with van der Waals surface area (Å²) in [5.41, 5.74) is 3.13. The van der Waals surface area contributed by atoms with Crippen LogP contribution in [0.3, 0.4) is 0 Å². The fraction of sp³-hybridized carbons (Fsp3) is 0.240. The molecule has 0 radical (unpaired) electrons. The van der Waals surface area contributed by atoms with Crippen molar-refractivity contribution in [1.29, 1.82) is 0 Å². The van der Waals surface area contributed by atoms with Crippen LogP contribution in [0.1, 0.15) is 29.7 Å². The van der Waals surface area contributed by atoms with E-state index >= 15 is 0 Å². The Labute approximate surface area is 196 Å². The minimum absolute atomic E-state index is 0.360. The zero-order valence-electron chi connectivity index (χ0n) is 18.8. The summed E-state index contributed by atoms with van der Waals surface area (Å²) in [6, 6.07) is 11.9. The molecule has 34 heavy (non-hydrogen) atoms. The van der Waals surface area contributed by atoms with Gasteiger partial charge < -0.3 is 24.2 Å². The number of imidazole rings is 1. The molecule has 1 aromatic heterocycles. The van der Waals surface area contributed by atoms with Crippen molar-refractivity contribution >= 4 is 18.1 Å². The van der Waals surface area contributed by atoms with Gasteiger partial charge in [-0.05, 0) is 73.4 Å². The van der Waals surface area contributed by atoms with Crippen molar-refractivity contribution < 1.29 is 19.2 Å². The van der Waals surface area contributed by atoms with Gasteiger partial charge in [-0.15, -0.1) is 0 Å². The molecule has 0 amide bonds. The number of ether oxygens (including phenoxy) is 1. The SMILES string of the molecule is COc1cc(/C=C2\CCCN3C2=NO[C@]3(/C=N/O)c2ccc(F)cc2)ccc1-n1cnc(C)c1. The normalized spacial score (nSPS) is 21.0. The van der Waals surface area contributed by atoms with Gasteiger partial charge in [0.05, 0.1) is 24.8 Å². The van der Waals surface area contributed by atoms with Crippen LogP contribution in [0.4, 0.5) is 4.39 Å². The van der Waals surface area contributed by atoms with Crippen LogP contribution in [0, 0.1) is 12.7 Å². The van der Waals surface area contributed by atoms with E-state index in [1.807, 2.05) is 40.8 Å². The van der Waals surface area contributed by atoms with E-state index in [0.29, 0.717) is 17.9 Å². The molecule has 0 aliphatic carbocycles. The van der Waals surface area contributed by atoms with Gasteiger partial charge in [-0.3, -0.25) is 0 Å². The molecule has 9 heteroatoms. The molecule has 8 nitrogen and oxygen atoms in total. The first kappa shape index (κ1) is 21.7. The predicted molar refractivity (Wildman–Crippen MR) is 126 cm³/mol. The maximum absolute atomic E-state index is 13.5. The Kier molecular flexibility index (Phi) is 5.53. The van der Waals surface area contributed by atoms with E-state index in [-0.39, 0.29) is 5.82 Å².